The van der Waals surface area contributed by atoms with E-state index in [1.807, 2.05) is 0 Å². The van der Waals surface area contributed by atoms with Gasteiger partial charge in [-0.1, -0.05) is 66.2 Å². The van der Waals surface area contributed by atoms with E-state index in [1.165, 1.54) is 5.56 Å². The van der Waals surface area contributed by atoms with Crippen LogP contribution in [0.15, 0.2) is 12.1 Å². The number of benzene rings is 1. The minimum atomic E-state index is -0.0134. The van der Waals surface area contributed by atoms with E-state index in [1.54, 1.807) is 0 Å². The van der Waals surface area contributed by atoms with Crippen molar-refractivity contribution in [2.24, 2.45) is 11.3 Å². The molecular formula is C19H32O. The maximum absolute atomic E-state index is 10.6. The van der Waals surface area contributed by atoms with Crippen LogP contribution in [-0.4, -0.2) is 5.11 Å². The first-order valence-electron chi connectivity index (χ1n) is 7.76. The van der Waals surface area contributed by atoms with E-state index in [4.69, 9.17) is 0 Å². The molecule has 114 valence electrons. The molecule has 0 saturated carbocycles. The quantitative estimate of drug-likeness (QED) is 0.760. The Morgan fingerprint density at radius 2 is 1.60 bits per heavy atom. The highest BCUT2D eigenvalue weighted by Crippen LogP contribution is 2.36. The fourth-order valence-electron chi connectivity index (χ4n) is 2.42. The smallest absolute Gasteiger partial charge is 0.122 e. The fraction of sp³-hybridized carbons (Fsp3) is 0.684. The molecular weight excluding hydrogens is 244 g/mol. The van der Waals surface area contributed by atoms with Crippen LogP contribution < -0.4 is 0 Å². The molecule has 1 N–H and O–H groups in total. The van der Waals surface area contributed by atoms with Gasteiger partial charge in [-0.25, -0.2) is 0 Å². The molecule has 0 amide bonds. The summed E-state index contributed by atoms with van der Waals surface area (Å²) in [6, 6.07) is 4.26. The lowest BCUT2D eigenvalue weighted by Crippen LogP contribution is -2.18. The van der Waals surface area contributed by atoms with Crippen LogP contribution in [0, 0.1) is 18.3 Å². The molecule has 0 aliphatic heterocycles. The Hall–Kier alpha value is -0.980. The van der Waals surface area contributed by atoms with Gasteiger partial charge < -0.3 is 5.11 Å². The zero-order chi connectivity index (χ0) is 15.7. The molecule has 1 aromatic rings. The summed E-state index contributed by atoms with van der Waals surface area (Å²) in [4.78, 5) is 0. The average Bonchev–Trinajstić information content (AvgIpc) is 2.26. The summed E-state index contributed by atoms with van der Waals surface area (Å²) in [5.41, 5.74) is 3.72. The third-order valence-electron chi connectivity index (χ3n) is 4.47. The number of hydrogen-bond donors (Lipinski definition) is 1. The van der Waals surface area contributed by atoms with Crippen molar-refractivity contribution in [3.05, 3.63) is 28.8 Å². The van der Waals surface area contributed by atoms with Crippen molar-refractivity contribution in [2.45, 2.75) is 73.6 Å². The van der Waals surface area contributed by atoms with Crippen LogP contribution in [0.4, 0.5) is 0 Å². The lowest BCUT2D eigenvalue weighted by Gasteiger charge is -2.28. The Balaban J connectivity index is 3.00. The fourth-order valence-corrected chi connectivity index (χ4v) is 2.42. The number of rotatable bonds is 3. The standard InChI is InChI=1S/C19H32O/c1-13-11-15(10-9-14(2)18(3,4)5)17(20)16(12-13)19(6,7)8/h11-12,14,20H,9-10H2,1-8H3. The highest BCUT2D eigenvalue weighted by molar-refractivity contribution is 5.46. The lowest BCUT2D eigenvalue weighted by molar-refractivity contribution is 0.246. The highest BCUT2D eigenvalue weighted by Gasteiger charge is 2.23. The Morgan fingerprint density at radius 1 is 1.05 bits per heavy atom. The minimum absolute atomic E-state index is 0.0134. The topological polar surface area (TPSA) is 20.2 Å². The SMILES string of the molecule is Cc1cc(CCC(C)C(C)(C)C)c(O)c(C(C)(C)C)c1. The van der Waals surface area contributed by atoms with E-state index in [0.29, 0.717) is 17.1 Å². The first-order valence-corrected chi connectivity index (χ1v) is 7.76. The molecule has 1 heteroatoms. The van der Waals surface area contributed by atoms with Gasteiger partial charge in [-0.2, -0.15) is 0 Å². The maximum atomic E-state index is 10.6. The molecule has 1 atom stereocenters. The van der Waals surface area contributed by atoms with Gasteiger partial charge >= 0.3 is 0 Å². The summed E-state index contributed by atoms with van der Waals surface area (Å²) < 4.78 is 0. The van der Waals surface area contributed by atoms with E-state index in [9.17, 15) is 5.11 Å². The van der Waals surface area contributed by atoms with Gasteiger partial charge in [0, 0.05) is 0 Å². The van der Waals surface area contributed by atoms with Gasteiger partial charge in [0.2, 0.25) is 0 Å². The number of phenols is 1. The third kappa shape index (κ3) is 4.26. The predicted molar refractivity (Wildman–Crippen MR) is 88.5 cm³/mol. The van der Waals surface area contributed by atoms with Crippen LogP contribution in [-0.2, 0) is 11.8 Å². The Bertz CT molecular complexity index is 458. The van der Waals surface area contributed by atoms with Gasteiger partial charge in [0.25, 0.3) is 0 Å². The summed E-state index contributed by atoms with van der Waals surface area (Å²) in [6.45, 7) is 17.7. The molecule has 1 rings (SSSR count). The number of hydrogen-bond acceptors (Lipinski definition) is 1. The summed E-state index contributed by atoms with van der Waals surface area (Å²) in [5.74, 6) is 1.14. The highest BCUT2D eigenvalue weighted by atomic mass is 16.3. The van der Waals surface area contributed by atoms with Crippen LogP contribution >= 0.6 is 0 Å². The van der Waals surface area contributed by atoms with E-state index in [2.05, 4.69) is 67.5 Å². The monoisotopic (exact) mass is 276 g/mol. The summed E-state index contributed by atoms with van der Waals surface area (Å²) in [6.07, 6.45) is 2.07. The zero-order valence-corrected chi connectivity index (χ0v) is 14.6. The second kappa shape index (κ2) is 5.79. The van der Waals surface area contributed by atoms with Gasteiger partial charge in [-0.3, -0.25) is 0 Å². The molecule has 0 fully saturated rings. The van der Waals surface area contributed by atoms with Crippen LogP contribution in [0.1, 0.15) is 71.6 Å². The third-order valence-corrected chi connectivity index (χ3v) is 4.47. The summed E-state index contributed by atoms with van der Waals surface area (Å²) in [7, 11) is 0. The second-order valence-corrected chi connectivity index (χ2v) is 8.38. The normalized spacial score (nSPS) is 14.4. The van der Waals surface area contributed by atoms with E-state index >= 15 is 0 Å². The van der Waals surface area contributed by atoms with Crippen LogP contribution in [0.5, 0.6) is 5.75 Å². The predicted octanol–water partition coefficient (Wildman–Crippen LogP) is 5.61. The van der Waals surface area contributed by atoms with Crippen molar-refractivity contribution in [1.29, 1.82) is 0 Å². The molecule has 0 aliphatic rings. The van der Waals surface area contributed by atoms with Crippen molar-refractivity contribution in [3.8, 4) is 5.75 Å². The summed E-state index contributed by atoms with van der Waals surface area (Å²) >= 11 is 0. The van der Waals surface area contributed by atoms with Crippen molar-refractivity contribution in [1.82, 2.24) is 0 Å². The van der Waals surface area contributed by atoms with Crippen molar-refractivity contribution in [3.63, 3.8) is 0 Å². The number of aromatic hydroxyl groups is 1. The average molecular weight is 276 g/mol. The van der Waals surface area contributed by atoms with Gasteiger partial charge in [0.1, 0.15) is 5.75 Å². The maximum Gasteiger partial charge on any atom is 0.122 e. The van der Waals surface area contributed by atoms with Gasteiger partial charge in [0.15, 0.2) is 0 Å². The minimum Gasteiger partial charge on any atom is -0.507 e. The largest absolute Gasteiger partial charge is 0.507 e. The first-order chi connectivity index (χ1) is 8.93. The molecule has 0 bridgehead atoms. The molecule has 0 saturated heterocycles. The molecule has 0 spiro atoms. The Morgan fingerprint density at radius 3 is 2.05 bits per heavy atom. The number of phenolic OH excluding ortho intramolecular Hbond substituents is 1. The first kappa shape index (κ1) is 17.1. The van der Waals surface area contributed by atoms with Crippen LogP contribution in [0.3, 0.4) is 0 Å². The molecule has 20 heavy (non-hydrogen) atoms. The second-order valence-electron chi connectivity index (χ2n) is 8.38. The molecule has 0 aromatic heterocycles. The van der Waals surface area contributed by atoms with Crippen molar-refractivity contribution in [2.75, 3.05) is 0 Å². The molecule has 0 heterocycles. The molecule has 1 unspecified atom stereocenters. The zero-order valence-electron chi connectivity index (χ0n) is 14.6. The van der Waals surface area contributed by atoms with Crippen LogP contribution in [0.2, 0.25) is 0 Å². The molecule has 1 nitrogen and oxygen atoms in total. The Labute approximate surface area is 125 Å². The molecule has 0 aliphatic carbocycles. The van der Waals surface area contributed by atoms with E-state index in [0.717, 1.165) is 24.0 Å². The van der Waals surface area contributed by atoms with E-state index < -0.39 is 0 Å². The lowest BCUT2D eigenvalue weighted by atomic mass is 9.78. The van der Waals surface area contributed by atoms with Crippen molar-refractivity contribution >= 4 is 0 Å². The summed E-state index contributed by atoms with van der Waals surface area (Å²) in [5, 5.41) is 10.6. The van der Waals surface area contributed by atoms with E-state index in [-0.39, 0.29) is 5.41 Å². The van der Waals surface area contributed by atoms with Crippen molar-refractivity contribution < 1.29 is 5.11 Å². The molecule has 0 radical (unpaired) electrons. The van der Waals surface area contributed by atoms with Crippen LogP contribution in [0.25, 0.3) is 0 Å². The number of aryl methyl sites for hydroxylation is 2. The van der Waals surface area contributed by atoms with Gasteiger partial charge in [-0.15, -0.1) is 0 Å². The molecule has 1 aromatic carbocycles. The van der Waals surface area contributed by atoms with Gasteiger partial charge in [-0.05, 0) is 47.6 Å². The van der Waals surface area contributed by atoms with Gasteiger partial charge in [0.05, 0.1) is 0 Å². The Kier molecular flexibility index (Phi) is 4.94.